The average molecular weight is 281 g/mol. The molecule has 1 saturated carbocycles. The molecule has 0 aromatic carbocycles. The van der Waals surface area contributed by atoms with Crippen molar-refractivity contribution >= 4 is 27.4 Å². The maximum absolute atomic E-state index is 10.9. The van der Waals surface area contributed by atoms with Crippen molar-refractivity contribution in [1.29, 1.82) is 0 Å². The summed E-state index contributed by atoms with van der Waals surface area (Å²) in [6.07, 6.45) is 3.93. The number of fused-ring (bicyclic) bond motifs is 1. The van der Waals surface area contributed by atoms with Crippen LogP contribution >= 0.6 is 15.9 Å². The van der Waals surface area contributed by atoms with Crippen molar-refractivity contribution in [2.75, 3.05) is 0 Å². The van der Waals surface area contributed by atoms with Gasteiger partial charge in [0.05, 0.1) is 11.1 Å². The lowest BCUT2D eigenvalue weighted by molar-refractivity contribution is 0.0696. The molecular formula is C11H9BrN2O2. The smallest absolute Gasteiger partial charge is 0.337 e. The summed E-state index contributed by atoms with van der Waals surface area (Å²) in [5.41, 5.74) is 1.21. The molecule has 0 bridgehead atoms. The van der Waals surface area contributed by atoms with E-state index in [0.717, 1.165) is 28.8 Å². The Balaban J connectivity index is 2.26. The van der Waals surface area contributed by atoms with Crippen LogP contribution in [0.2, 0.25) is 0 Å². The Morgan fingerprint density at radius 3 is 2.88 bits per heavy atom. The molecule has 0 aliphatic heterocycles. The molecule has 82 valence electrons. The first kappa shape index (κ1) is 9.84. The Morgan fingerprint density at radius 2 is 2.25 bits per heavy atom. The van der Waals surface area contributed by atoms with Crippen LogP contribution in [0.5, 0.6) is 0 Å². The molecule has 5 heteroatoms. The molecule has 0 atom stereocenters. The van der Waals surface area contributed by atoms with E-state index in [1.165, 1.54) is 0 Å². The Labute approximate surface area is 100 Å². The number of carboxylic acid groups (broad SMARTS) is 1. The summed E-state index contributed by atoms with van der Waals surface area (Å²) < 4.78 is 2.66. The summed E-state index contributed by atoms with van der Waals surface area (Å²) in [6.45, 7) is 0. The standard InChI is InChI=1S/C11H9BrN2O2/c12-9-8-4-3-7(11(15)16)5-14(8)10(13-9)6-1-2-6/h3-6H,1-2H2,(H,15,16). The minimum atomic E-state index is -0.909. The lowest BCUT2D eigenvalue weighted by atomic mass is 10.2. The molecular weight excluding hydrogens is 272 g/mol. The first-order valence-electron chi connectivity index (χ1n) is 5.07. The number of aromatic nitrogens is 2. The fourth-order valence-electron chi connectivity index (χ4n) is 1.83. The van der Waals surface area contributed by atoms with E-state index in [9.17, 15) is 4.79 Å². The fraction of sp³-hybridized carbons (Fsp3) is 0.273. The second kappa shape index (κ2) is 3.31. The summed E-state index contributed by atoms with van der Waals surface area (Å²) in [6, 6.07) is 3.38. The van der Waals surface area contributed by atoms with Gasteiger partial charge in [0.15, 0.2) is 0 Å². The molecule has 1 fully saturated rings. The number of nitrogens with zero attached hydrogens (tertiary/aromatic N) is 2. The van der Waals surface area contributed by atoms with Gasteiger partial charge in [-0.15, -0.1) is 0 Å². The predicted octanol–water partition coefficient (Wildman–Crippen LogP) is 2.67. The van der Waals surface area contributed by atoms with E-state index in [1.807, 2.05) is 4.40 Å². The zero-order chi connectivity index (χ0) is 11.3. The number of pyridine rings is 1. The van der Waals surface area contributed by atoms with Gasteiger partial charge in [-0.25, -0.2) is 9.78 Å². The normalized spacial score (nSPS) is 15.6. The quantitative estimate of drug-likeness (QED) is 0.920. The van der Waals surface area contributed by atoms with E-state index in [2.05, 4.69) is 20.9 Å². The maximum Gasteiger partial charge on any atom is 0.337 e. The van der Waals surface area contributed by atoms with Crippen molar-refractivity contribution in [3.05, 3.63) is 34.3 Å². The molecule has 1 aliphatic rings. The van der Waals surface area contributed by atoms with Crippen LogP contribution in [-0.4, -0.2) is 20.5 Å². The highest BCUT2D eigenvalue weighted by Gasteiger charge is 2.29. The average Bonchev–Trinajstić information content (AvgIpc) is 3.04. The van der Waals surface area contributed by atoms with Crippen LogP contribution in [0, 0.1) is 0 Å². The number of imidazole rings is 1. The minimum Gasteiger partial charge on any atom is -0.478 e. The van der Waals surface area contributed by atoms with Gasteiger partial charge in [-0.3, -0.25) is 0 Å². The van der Waals surface area contributed by atoms with Gasteiger partial charge in [-0.2, -0.15) is 0 Å². The molecule has 0 unspecified atom stereocenters. The highest BCUT2D eigenvalue weighted by molar-refractivity contribution is 9.10. The molecule has 4 nitrogen and oxygen atoms in total. The van der Waals surface area contributed by atoms with Gasteiger partial charge >= 0.3 is 5.97 Å². The Morgan fingerprint density at radius 1 is 1.50 bits per heavy atom. The first-order chi connectivity index (χ1) is 7.66. The van der Waals surface area contributed by atoms with Gasteiger partial charge in [0.2, 0.25) is 0 Å². The molecule has 0 amide bonds. The Hall–Kier alpha value is -1.36. The van der Waals surface area contributed by atoms with E-state index < -0.39 is 5.97 Å². The fourth-order valence-corrected chi connectivity index (χ4v) is 2.33. The van der Waals surface area contributed by atoms with E-state index in [4.69, 9.17) is 5.11 Å². The minimum absolute atomic E-state index is 0.291. The Kier molecular flexibility index (Phi) is 2.04. The molecule has 2 aromatic heterocycles. The van der Waals surface area contributed by atoms with Crippen molar-refractivity contribution in [3.63, 3.8) is 0 Å². The number of carbonyl (C=O) groups is 1. The number of rotatable bonds is 2. The van der Waals surface area contributed by atoms with E-state index in [1.54, 1.807) is 18.3 Å². The number of hydrogen-bond donors (Lipinski definition) is 1. The molecule has 1 aliphatic carbocycles. The number of hydrogen-bond acceptors (Lipinski definition) is 2. The van der Waals surface area contributed by atoms with E-state index in [0.29, 0.717) is 11.5 Å². The van der Waals surface area contributed by atoms with Crippen molar-refractivity contribution in [2.45, 2.75) is 18.8 Å². The largest absolute Gasteiger partial charge is 0.478 e. The number of halogens is 1. The highest BCUT2D eigenvalue weighted by atomic mass is 79.9. The summed E-state index contributed by atoms with van der Waals surface area (Å²) in [5, 5.41) is 8.95. The first-order valence-corrected chi connectivity index (χ1v) is 5.87. The van der Waals surface area contributed by atoms with E-state index >= 15 is 0 Å². The molecule has 0 radical (unpaired) electrons. The van der Waals surface area contributed by atoms with Gasteiger partial charge < -0.3 is 9.51 Å². The lowest BCUT2D eigenvalue weighted by Gasteiger charge is -2.00. The zero-order valence-corrected chi connectivity index (χ0v) is 9.94. The van der Waals surface area contributed by atoms with Crippen LogP contribution < -0.4 is 0 Å². The van der Waals surface area contributed by atoms with Gasteiger partial charge in [0.1, 0.15) is 10.4 Å². The summed E-state index contributed by atoms with van der Waals surface area (Å²) >= 11 is 3.40. The lowest BCUT2D eigenvalue weighted by Crippen LogP contribution is -2.00. The summed E-state index contributed by atoms with van der Waals surface area (Å²) in [4.78, 5) is 15.3. The van der Waals surface area contributed by atoms with Crippen molar-refractivity contribution in [2.24, 2.45) is 0 Å². The van der Waals surface area contributed by atoms with Crippen LogP contribution in [0.15, 0.2) is 22.9 Å². The monoisotopic (exact) mass is 280 g/mol. The molecule has 0 saturated heterocycles. The third-order valence-electron chi connectivity index (χ3n) is 2.81. The highest BCUT2D eigenvalue weighted by Crippen LogP contribution is 2.40. The van der Waals surface area contributed by atoms with E-state index in [-0.39, 0.29) is 0 Å². The van der Waals surface area contributed by atoms with Crippen LogP contribution in [0.4, 0.5) is 0 Å². The van der Waals surface area contributed by atoms with Gasteiger partial charge in [0, 0.05) is 12.1 Å². The van der Waals surface area contributed by atoms with Crippen molar-refractivity contribution in [3.8, 4) is 0 Å². The third-order valence-corrected chi connectivity index (χ3v) is 3.39. The van der Waals surface area contributed by atoms with Crippen LogP contribution in [0.25, 0.3) is 5.52 Å². The second-order valence-electron chi connectivity index (χ2n) is 4.01. The number of carboxylic acids is 1. The SMILES string of the molecule is O=C(O)c1ccc2c(Br)nc(C3CC3)n2c1. The van der Waals surface area contributed by atoms with Crippen molar-refractivity contribution in [1.82, 2.24) is 9.38 Å². The summed E-state index contributed by atoms with van der Waals surface area (Å²) in [5.74, 6) is 0.543. The molecule has 16 heavy (non-hydrogen) atoms. The van der Waals surface area contributed by atoms with Crippen LogP contribution in [-0.2, 0) is 0 Å². The number of aromatic carboxylic acids is 1. The zero-order valence-electron chi connectivity index (χ0n) is 8.35. The van der Waals surface area contributed by atoms with Crippen LogP contribution in [0.1, 0.15) is 34.9 Å². The second-order valence-corrected chi connectivity index (χ2v) is 4.76. The van der Waals surface area contributed by atoms with Gasteiger partial charge in [-0.05, 0) is 40.9 Å². The molecule has 1 N–H and O–H groups in total. The topological polar surface area (TPSA) is 54.6 Å². The van der Waals surface area contributed by atoms with Crippen LogP contribution in [0.3, 0.4) is 0 Å². The maximum atomic E-state index is 10.9. The van der Waals surface area contributed by atoms with Gasteiger partial charge in [0.25, 0.3) is 0 Å². The third kappa shape index (κ3) is 1.43. The predicted molar refractivity (Wildman–Crippen MR) is 61.8 cm³/mol. The van der Waals surface area contributed by atoms with Crippen molar-refractivity contribution < 1.29 is 9.90 Å². The van der Waals surface area contributed by atoms with Gasteiger partial charge in [-0.1, -0.05) is 0 Å². The molecule has 0 spiro atoms. The molecule has 2 heterocycles. The molecule has 2 aromatic rings. The Bertz CT molecular complexity index is 587. The summed E-state index contributed by atoms with van der Waals surface area (Å²) in [7, 11) is 0. The molecule has 3 rings (SSSR count).